The summed E-state index contributed by atoms with van der Waals surface area (Å²) in [5, 5.41) is 1.79. The number of halogens is 1. The van der Waals surface area contributed by atoms with Crippen molar-refractivity contribution in [1.82, 2.24) is 14.8 Å². The van der Waals surface area contributed by atoms with E-state index in [2.05, 4.69) is 44.9 Å². The summed E-state index contributed by atoms with van der Waals surface area (Å²) in [5.41, 5.74) is 1.91. The van der Waals surface area contributed by atoms with E-state index in [9.17, 15) is 4.79 Å². The molecule has 1 amide bonds. The molecule has 0 aliphatic carbocycles. The number of hydrogen-bond acceptors (Lipinski definition) is 3. The molecule has 1 aromatic heterocycles. The van der Waals surface area contributed by atoms with E-state index < -0.39 is 0 Å². The molecule has 1 unspecified atom stereocenters. The summed E-state index contributed by atoms with van der Waals surface area (Å²) >= 11 is 6.03. The molecule has 25 heavy (non-hydrogen) atoms. The first-order valence-corrected chi connectivity index (χ1v) is 9.14. The van der Waals surface area contributed by atoms with Gasteiger partial charge in [-0.3, -0.25) is 9.78 Å². The minimum atomic E-state index is -0.0917. The number of fused-ring (bicyclic) bond motifs is 1. The van der Waals surface area contributed by atoms with E-state index >= 15 is 0 Å². The Morgan fingerprint density at radius 3 is 2.72 bits per heavy atom. The zero-order chi connectivity index (χ0) is 18.2. The lowest BCUT2D eigenvalue weighted by atomic mass is 10.1. The highest BCUT2D eigenvalue weighted by Crippen LogP contribution is 2.26. The lowest BCUT2D eigenvalue weighted by Gasteiger charge is -2.32. The summed E-state index contributed by atoms with van der Waals surface area (Å²) < 4.78 is 0. The van der Waals surface area contributed by atoms with Crippen molar-refractivity contribution >= 4 is 28.4 Å². The Labute approximate surface area is 154 Å². The number of hydrogen-bond donors (Lipinski definition) is 0. The zero-order valence-corrected chi connectivity index (χ0v) is 16.2. The molecule has 0 bridgehead atoms. The van der Waals surface area contributed by atoms with E-state index in [0.29, 0.717) is 12.3 Å². The average Bonchev–Trinajstić information content (AvgIpc) is 2.88. The van der Waals surface area contributed by atoms with Gasteiger partial charge in [-0.05, 0) is 58.0 Å². The molecular weight excluding hydrogens is 334 g/mol. The molecule has 1 fully saturated rings. The number of rotatable bonds is 4. The van der Waals surface area contributed by atoms with Crippen molar-refractivity contribution < 1.29 is 4.79 Å². The van der Waals surface area contributed by atoms with Crippen LogP contribution in [0.1, 0.15) is 32.9 Å². The highest BCUT2D eigenvalue weighted by Gasteiger charge is 2.36. The Morgan fingerprint density at radius 2 is 2.04 bits per heavy atom. The predicted molar refractivity (Wildman–Crippen MR) is 103 cm³/mol. The predicted octanol–water partition coefficient (Wildman–Crippen LogP) is 3.97. The molecule has 3 rings (SSSR count). The summed E-state index contributed by atoms with van der Waals surface area (Å²) in [6, 6.07) is 9.88. The molecule has 0 saturated carbocycles. The molecule has 1 aliphatic heterocycles. The number of amides is 1. The van der Waals surface area contributed by atoms with Gasteiger partial charge in [-0.2, -0.15) is 0 Å². The van der Waals surface area contributed by atoms with Crippen LogP contribution in [-0.2, 0) is 11.3 Å². The van der Waals surface area contributed by atoms with E-state index in [1.165, 1.54) is 0 Å². The fourth-order valence-corrected chi connectivity index (χ4v) is 3.74. The molecule has 1 saturated heterocycles. The zero-order valence-electron chi connectivity index (χ0n) is 15.4. The van der Waals surface area contributed by atoms with Gasteiger partial charge in [0.25, 0.3) is 0 Å². The Bertz CT molecular complexity index is 784. The number of benzene rings is 1. The third kappa shape index (κ3) is 4.31. The molecular formula is C20H26ClN3O. The maximum atomic E-state index is 12.2. The minimum absolute atomic E-state index is 0.0917. The second-order valence-electron chi connectivity index (χ2n) is 8.08. The molecule has 1 atom stereocenters. The first-order valence-electron chi connectivity index (χ1n) is 8.76. The van der Waals surface area contributed by atoms with Crippen molar-refractivity contribution in [2.45, 2.75) is 39.3 Å². The second kappa shape index (κ2) is 6.93. The van der Waals surface area contributed by atoms with Gasteiger partial charge in [0.15, 0.2) is 0 Å². The van der Waals surface area contributed by atoms with Crippen LogP contribution < -0.4 is 0 Å². The molecule has 2 heterocycles. The number of pyridine rings is 1. The number of carbonyl (C=O) groups is 1. The van der Waals surface area contributed by atoms with Crippen LogP contribution in [0.4, 0.5) is 0 Å². The largest absolute Gasteiger partial charge is 0.338 e. The maximum Gasteiger partial charge on any atom is 0.223 e. The van der Waals surface area contributed by atoms with Crippen LogP contribution in [0.25, 0.3) is 10.9 Å². The van der Waals surface area contributed by atoms with Gasteiger partial charge in [0.1, 0.15) is 0 Å². The summed E-state index contributed by atoms with van der Waals surface area (Å²) in [6.45, 7) is 8.82. The normalized spacial score (nSPS) is 18.6. The molecule has 134 valence electrons. The molecule has 1 aliphatic rings. The average molecular weight is 360 g/mol. The molecule has 0 N–H and O–H groups in total. The Hall–Kier alpha value is -1.65. The van der Waals surface area contributed by atoms with E-state index in [1.54, 1.807) is 0 Å². The van der Waals surface area contributed by atoms with Gasteiger partial charge in [-0.25, -0.2) is 0 Å². The smallest absolute Gasteiger partial charge is 0.223 e. The fraction of sp³-hybridized carbons (Fsp3) is 0.500. The molecule has 0 spiro atoms. The lowest BCUT2D eigenvalue weighted by molar-refractivity contribution is -0.131. The van der Waals surface area contributed by atoms with E-state index in [4.69, 9.17) is 16.6 Å². The van der Waals surface area contributed by atoms with E-state index in [0.717, 1.165) is 41.3 Å². The summed E-state index contributed by atoms with van der Waals surface area (Å²) in [5.74, 6) is 0.655. The monoisotopic (exact) mass is 359 g/mol. The first kappa shape index (κ1) is 18.2. The summed E-state index contributed by atoms with van der Waals surface area (Å²) in [6.07, 6.45) is 0.644. The van der Waals surface area contributed by atoms with Crippen molar-refractivity contribution in [1.29, 1.82) is 0 Å². The number of aromatic nitrogens is 1. The maximum absolute atomic E-state index is 12.2. The molecule has 2 aromatic rings. The van der Waals surface area contributed by atoms with Gasteiger partial charge in [-0.15, -0.1) is 0 Å². The lowest BCUT2D eigenvalue weighted by Crippen LogP contribution is -2.42. The second-order valence-corrected chi connectivity index (χ2v) is 8.52. The van der Waals surface area contributed by atoms with Crippen LogP contribution >= 0.6 is 11.6 Å². The van der Waals surface area contributed by atoms with Gasteiger partial charge in [0.05, 0.1) is 11.2 Å². The van der Waals surface area contributed by atoms with Gasteiger partial charge in [-0.1, -0.05) is 17.7 Å². The van der Waals surface area contributed by atoms with Crippen LogP contribution in [0.15, 0.2) is 30.3 Å². The highest BCUT2D eigenvalue weighted by molar-refractivity contribution is 6.31. The molecule has 4 nitrogen and oxygen atoms in total. The van der Waals surface area contributed by atoms with Gasteiger partial charge < -0.3 is 9.80 Å². The Kier molecular flexibility index (Phi) is 5.03. The van der Waals surface area contributed by atoms with Gasteiger partial charge in [0, 0.05) is 42.0 Å². The SMILES string of the molecule is CN(Cc1ccc2cc(Cl)ccc2n1)CC1CC(=O)N(C(C)(C)C)C1. The highest BCUT2D eigenvalue weighted by atomic mass is 35.5. The molecule has 0 radical (unpaired) electrons. The summed E-state index contributed by atoms with van der Waals surface area (Å²) in [4.78, 5) is 21.2. The van der Waals surface area contributed by atoms with Crippen LogP contribution in [-0.4, -0.2) is 46.4 Å². The van der Waals surface area contributed by atoms with Crippen LogP contribution in [0.3, 0.4) is 0 Å². The fourth-order valence-electron chi connectivity index (χ4n) is 3.56. The molecule has 1 aromatic carbocycles. The summed E-state index contributed by atoms with van der Waals surface area (Å²) in [7, 11) is 2.10. The first-order chi connectivity index (χ1) is 11.7. The topological polar surface area (TPSA) is 36.4 Å². The Morgan fingerprint density at radius 1 is 1.28 bits per heavy atom. The van der Waals surface area contributed by atoms with Gasteiger partial charge >= 0.3 is 0 Å². The van der Waals surface area contributed by atoms with E-state index in [-0.39, 0.29) is 11.4 Å². The minimum Gasteiger partial charge on any atom is -0.338 e. The molecule has 5 heteroatoms. The van der Waals surface area contributed by atoms with Crippen molar-refractivity contribution in [2.24, 2.45) is 5.92 Å². The van der Waals surface area contributed by atoms with E-state index in [1.807, 2.05) is 23.1 Å². The van der Waals surface area contributed by atoms with Crippen molar-refractivity contribution in [3.63, 3.8) is 0 Å². The van der Waals surface area contributed by atoms with Crippen LogP contribution in [0.2, 0.25) is 5.02 Å². The number of nitrogens with zero attached hydrogens (tertiary/aromatic N) is 3. The Balaban J connectivity index is 1.62. The van der Waals surface area contributed by atoms with Crippen molar-refractivity contribution in [3.8, 4) is 0 Å². The van der Waals surface area contributed by atoms with Crippen molar-refractivity contribution in [3.05, 3.63) is 41.0 Å². The quantitative estimate of drug-likeness (QED) is 0.828. The van der Waals surface area contributed by atoms with Crippen LogP contribution in [0.5, 0.6) is 0 Å². The number of likely N-dealkylation sites (tertiary alicyclic amines) is 1. The standard InChI is InChI=1S/C20H26ClN3O/c1-20(2,3)24-12-14(9-19(24)25)11-23(4)13-17-7-5-15-10-16(21)6-8-18(15)22-17/h5-8,10,14H,9,11-13H2,1-4H3. The van der Waals surface area contributed by atoms with Gasteiger partial charge in [0.2, 0.25) is 5.91 Å². The number of carbonyl (C=O) groups excluding carboxylic acids is 1. The third-order valence-corrected chi connectivity index (χ3v) is 4.96. The third-order valence-electron chi connectivity index (χ3n) is 4.73. The van der Waals surface area contributed by atoms with Crippen molar-refractivity contribution in [2.75, 3.05) is 20.1 Å². The van der Waals surface area contributed by atoms with Crippen LogP contribution in [0, 0.1) is 5.92 Å².